The van der Waals surface area contributed by atoms with Crippen molar-refractivity contribution in [3.63, 3.8) is 0 Å². The van der Waals surface area contributed by atoms with Crippen molar-refractivity contribution >= 4 is 5.97 Å². The maximum atomic E-state index is 11.2. The van der Waals surface area contributed by atoms with Gasteiger partial charge >= 0.3 is 5.97 Å². The van der Waals surface area contributed by atoms with Crippen LogP contribution in [0.1, 0.15) is 46.1 Å². The highest BCUT2D eigenvalue weighted by atomic mass is 16.8. The highest BCUT2D eigenvalue weighted by molar-refractivity contribution is 5.66. The molecule has 1 aromatic carbocycles. The van der Waals surface area contributed by atoms with Gasteiger partial charge in [0.15, 0.2) is 6.29 Å². The third-order valence-electron chi connectivity index (χ3n) is 3.65. The molecule has 4 nitrogen and oxygen atoms in total. The summed E-state index contributed by atoms with van der Waals surface area (Å²) < 4.78 is 17.1. The van der Waals surface area contributed by atoms with Gasteiger partial charge in [0.25, 0.3) is 0 Å². The molecule has 0 saturated carbocycles. The van der Waals surface area contributed by atoms with E-state index in [1.54, 1.807) is 0 Å². The molecule has 0 N–H and O–H groups in total. The molecule has 0 aromatic heterocycles. The molecular formula is C18H26O4. The minimum Gasteiger partial charge on any atom is -0.436 e. The molecule has 0 radical (unpaired) electrons. The Bertz CT molecular complexity index is 478. The molecule has 0 amide bonds. The lowest BCUT2D eigenvalue weighted by Gasteiger charge is -2.40. The van der Waals surface area contributed by atoms with E-state index in [1.165, 1.54) is 12.5 Å². The van der Waals surface area contributed by atoms with Crippen LogP contribution in [0.25, 0.3) is 0 Å². The number of carbonyl (C=O) groups excluding carboxylic acids is 1. The number of rotatable bonds is 4. The molecule has 0 bridgehead atoms. The Morgan fingerprint density at radius 3 is 2.50 bits per heavy atom. The zero-order chi connectivity index (χ0) is 16.2. The summed E-state index contributed by atoms with van der Waals surface area (Å²) >= 11 is 0. The fourth-order valence-electron chi connectivity index (χ4n) is 2.50. The Balaban J connectivity index is 1.97. The van der Waals surface area contributed by atoms with Gasteiger partial charge in [-0.3, -0.25) is 4.79 Å². The standard InChI is InChI=1S/C18H26O4/c1-13(19)20-16-12-15(21-17(22-16)18(2,3)4)11-10-14-8-6-5-7-9-14/h5-9,15-17H,10-12H2,1-4H3/t15-,16-,17-/m0/s1. The first kappa shape index (κ1) is 17.0. The van der Waals surface area contributed by atoms with Crippen molar-refractivity contribution in [2.75, 3.05) is 0 Å². The first-order chi connectivity index (χ1) is 10.3. The summed E-state index contributed by atoms with van der Waals surface area (Å²) in [7, 11) is 0. The van der Waals surface area contributed by atoms with Gasteiger partial charge < -0.3 is 14.2 Å². The molecule has 0 unspecified atom stereocenters. The number of hydrogen-bond donors (Lipinski definition) is 0. The molecule has 1 aliphatic rings. The van der Waals surface area contributed by atoms with Crippen LogP contribution in [0.3, 0.4) is 0 Å². The normalized spacial score (nSPS) is 25.7. The van der Waals surface area contributed by atoms with E-state index in [-0.39, 0.29) is 23.8 Å². The van der Waals surface area contributed by atoms with Gasteiger partial charge in [-0.25, -0.2) is 0 Å². The van der Waals surface area contributed by atoms with Gasteiger partial charge in [-0.1, -0.05) is 51.1 Å². The van der Waals surface area contributed by atoms with Gasteiger partial charge in [0.1, 0.15) is 0 Å². The molecule has 4 heteroatoms. The second-order valence-electron chi connectivity index (χ2n) is 6.89. The van der Waals surface area contributed by atoms with Crippen molar-refractivity contribution in [1.82, 2.24) is 0 Å². The monoisotopic (exact) mass is 306 g/mol. The molecule has 2 rings (SSSR count). The van der Waals surface area contributed by atoms with Gasteiger partial charge in [-0.05, 0) is 18.4 Å². The summed E-state index contributed by atoms with van der Waals surface area (Å²) in [6.07, 6.45) is 1.55. The summed E-state index contributed by atoms with van der Waals surface area (Å²) in [6.45, 7) is 7.58. The Morgan fingerprint density at radius 1 is 1.23 bits per heavy atom. The van der Waals surface area contributed by atoms with Crippen LogP contribution in [0.15, 0.2) is 30.3 Å². The lowest BCUT2D eigenvalue weighted by molar-refractivity contribution is -0.325. The Hall–Kier alpha value is -1.39. The topological polar surface area (TPSA) is 44.8 Å². The predicted octanol–water partition coefficient (Wildman–Crippen LogP) is 3.69. The van der Waals surface area contributed by atoms with Crippen molar-refractivity contribution in [3.8, 4) is 0 Å². The molecule has 0 aliphatic carbocycles. The highest BCUT2D eigenvalue weighted by Gasteiger charge is 2.38. The van der Waals surface area contributed by atoms with Gasteiger partial charge in [0.2, 0.25) is 6.29 Å². The smallest absolute Gasteiger partial charge is 0.304 e. The van der Waals surface area contributed by atoms with E-state index in [0.29, 0.717) is 6.42 Å². The zero-order valence-electron chi connectivity index (χ0n) is 13.9. The number of hydrogen-bond acceptors (Lipinski definition) is 4. The predicted molar refractivity (Wildman–Crippen MR) is 84.1 cm³/mol. The summed E-state index contributed by atoms with van der Waals surface area (Å²) in [5, 5.41) is 0. The van der Waals surface area contributed by atoms with Crippen LogP contribution in [0.5, 0.6) is 0 Å². The summed E-state index contributed by atoms with van der Waals surface area (Å²) in [4.78, 5) is 11.2. The SMILES string of the molecule is CC(=O)O[C@@H]1C[C@H](CCc2ccccc2)O[C@H](C(C)(C)C)O1. The van der Waals surface area contributed by atoms with Gasteiger partial charge in [0.05, 0.1) is 6.10 Å². The fourth-order valence-corrected chi connectivity index (χ4v) is 2.50. The summed E-state index contributed by atoms with van der Waals surface area (Å²) in [5.41, 5.74) is 1.12. The highest BCUT2D eigenvalue weighted by Crippen LogP contribution is 2.32. The molecule has 1 heterocycles. The number of ether oxygens (including phenoxy) is 3. The first-order valence-corrected chi connectivity index (χ1v) is 7.86. The second kappa shape index (κ2) is 7.25. The van der Waals surface area contributed by atoms with Crippen molar-refractivity contribution < 1.29 is 19.0 Å². The minimum absolute atomic E-state index is 0.0301. The molecule has 1 fully saturated rings. The van der Waals surface area contributed by atoms with Crippen LogP contribution in [0.4, 0.5) is 0 Å². The Morgan fingerprint density at radius 2 is 1.91 bits per heavy atom. The maximum absolute atomic E-state index is 11.2. The van der Waals surface area contributed by atoms with E-state index in [1.807, 2.05) is 18.2 Å². The Kier molecular flexibility index (Phi) is 5.59. The third kappa shape index (κ3) is 5.11. The van der Waals surface area contributed by atoms with Gasteiger partial charge in [-0.2, -0.15) is 0 Å². The average molecular weight is 306 g/mol. The van der Waals surface area contributed by atoms with Crippen molar-refractivity contribution in [1.29, 1.82) is 0 Å². The van der Waals surface area contributed by atoms with Crippen LogP contribution < -0.4 is 0 Å². The van der Waals surface area contributed by atoms with Crippen LogP contribution in [0, 0.1) is 5.41 Å². The third-order valence-corrected chi connectivity index (χ3v) is 3.65. The lowest BCUT2D eigenvalue weighted by atomic mass is 9.94. The fraction of sp³-hybridized carbons (Fsp3) is 0.611. The van der Waals surface area contributed by atoms with Crippen molar-refractivity contribution in [3.05, 3.63) is 35.9 Å². The first-order valence-electron chi connectivity index (χ1n) is 7.86. The maximum Gasteiger partial charge on any atom is 0.304 e. The van der Waals surface area contributed by atoms with E-state index in [4.69, 9.17) is 14.2 Å². The van der Waals surface area contributed by atoms with Crippen LogP contribution >= 0.6 is 0 Å². The summed E-state index contributed by atoms with van der Waals surface area (Å²) in [5.74, 6) is -0.318. The van der Waals surface area contributed by atoms with Gasteiger partial charge in [0, 0.05) is 18.8 Å². The molecule has 1 aliphatic heterocycles. The van der Waals surface area contributed by atoms with Crippen LogP contribution in [0.2, 0.25) is 0 Å². The number of benzene rings is 1. The molecule has 3 atom stereocenters. The zero-order valence-corrected chi connectivity index (χ0v) is 13.9. The van der Waals surface area contributed by atoms with Crippen molar-refractivity contribution in [2.24, 2.45) is 5.41 Å². The van der Waals surface area contributed by atoms with Gasteiger partial charge in [-0.15, -0.1) is 0 Å². The number of aryl methyl sites for hydroxylation is 1. The van der Waals surface area contributed by atoms with E-state index < -0.39 is 6.29 Å². The number of carbonyl (C=O) groups is 1. The molecular weight excluding hydrogens is 280 g/mol. The van der Waals surface area contributed by atoms with E-state index in [9.17, 15) is 4.79 Å². The average Bonchev–Trinajstić information content (AvgIpc) is 2.44. The molecule has 1 aromatic rings. The largest absolute Gasteiger partial charge is 0.436 e. The lowest BCUT2D eigenvalue weighted by Crippen LogP contribution is -2.46. The number of esters is 1. The van der Waals surface area contributed by atoms with Crippen LogP contribution in [-0.2, 0) is 25.4 Å². The molecule has 22 heavy (non-hydrogen) atoms. The Labute approximate surface area is 132 Å². The second-order valence-corrected chi connectivity index (χ2v) is 6.89. The molecule has 122 valence electrons. The van der Waals surface area contributed by atoms with Crippen LogP contribution in [-0.4, -0.2) is 24.7 Å². The van der Waals surface area contributed by atoms with E-state index in [2.05, 4.69) is 32.9 Å². The molecule has 0 spiro atoms. The summed E-state index contributed by atoms with van der Waals surface area (Å²) in [6, 6.07) is 10.3. The minimum atomic E-state index is -0.517. The quantitative estimate of drug-likeness (QED) is 0.796. The van der Waals surface area contributed by atoms with E-state index >= 15 is 0 Å². The van der Waals surface area contributed by atoms with E-state index in [0.717, 1.165) is 12.8 Å². The molecule has 1 saturated heterocycles. The van der Waals surface area contributed by atoms with Crippen molar-refractivity contribution in [2.45, 2.75) is 65.6 Å².